The number of carbonyl (C=O) groups is 1. The Bertz CT molecular complexity index is 888. The highest BCUT2D eigenvalue weighted by atomic mass is 16.5. The van der Waals surface area contributed by atoms with E-state index in [2.05, 4.69) is 39.5 Å². The molecule has 1 aromatic carbocycles. The van der Waals surface area contributed by atoms with Gasteiger partial charge in [0.2, 0.25) is 5.95 Å². The van der Waals surface area contributed by atoms with Crippen molar-refractivity contribution in [3.05, 3.63) is 29.8 Å². The summed E-state index contributed by atoms with van der Waals surface area (Å²) < 4.78 is 10.5. The molecule has 0 radical (unpaired) electrons. The second-order valence-electron chi connectivity index (χ2n) is 8.47. The summed E-state index contributed by atoms with van der Waals surface area (Å²) in [6.07, 6.45) is 7.53. The van der Waals surface area contributed by atoms with Crippen molar-refractivity contribution in [3.8, 4) is 5.75 Å². The van der Waals surface area contributed by atoms with Gasteiger partial charge in [0.05, 0.1) is 13.7 Å². The number of anilines is 4. The van der Waals surface area contributed by atoms with Gasteiger partial charge in [-0.15, -0.1) is 0 Å². The fourth-order valence-corrected chi connectivity index (χ4v) is 3.87. The number of benzene rings is 1. The first-order valence-electron chi connectivity index (χ1n) is 12.1. The van der Waals surface area contributed by atoms with Crippen LogP contribution in [0.3, 0.4) is 0 Å². The van der Waals surface area contributed by atoms with Crippen LogP contribution in [0.2, 0.25) is 0 Å². The topological polar surface area (TPSA) is 97.4 Å². The summed E-state index contributed by atoms with van der Waals surface area (Å²) >= 11 is 0. The number of unbranched alkanes of at least 4 members (excludes halogenated alkanes) is 3. The number of hydrogen-bond donors (Lipinski definition) is 3. The minimum Gasteiger partial charge on any atom is -0.494 e. The normalized spacial score (nSPS) is 13.1. The van der Waals surface area contributed by atoms with Crippen LogP contribution in [0, 0.1) is 0 Å². The van der Waals surface area contributed by atoms with Crippen molar-refractivity contribution in [3.63, 3.8) is 0 Å². The van der Waals surface area contributed by atoms with Crippen molar-refractivity contribution >= 4 is 29.2 Å². The molecule has 0 fully saturated rings. The molecule has 0 saturated carbocycles. The van der Waals surface area contributed by atoms with Gasteiger partial charge in [0, 0.05) is 30.3 Å². The standard InChI is InChI=1S/C25H37N5O3/c1-4-9-18(2)27-24-21-15-16-26-23(21)29-25(30-24)28-19-11-13-20(14-12-19)33-17-8-6-5-7-10-22(31)32-3/h11-14,18H,4-10,15-17H2,1-3H3,(H3,26,27,28,29,30). The summed E-state index contributed by atoms with van der Waals surface area (Å²) in [7, 11) is 1.43. The van der Waals surface area contributed by atoms with Crippen LogP contribution in [0.15, 0.2) is 24.3 Å². The van der Waals surface area contributed by atoms with E-state index in [9.17, 15) is 4.79 Å². The van der Waals surface area contributed by atoms with Gasteiger partial charge in [0.25, 0.3) is 0 Å². The lowest BCUT2D eigenvalue weighted by molar-refractivity contribution is -0.140. The van der Waals surface area contributed by atoms with E-state index in [4.69, 9.17) is 9.72 Å². The third-order valence-corrected chi connectivity index (χ3v) is 5.66. The van der Waals surface area contributed by atoms with Crippen LogP contribution in [0.1, 0.15) is 64.4 Å². The fourth-order valence-electron chi connectivity index (χ4n) is 3.87. The molecule has 0 spiro atoms. The Hall–Kier alpha value is -3.03. The zero-order chi connectivity index (χ0) is 23.5. The van der Waals surface area contributed by atoms with Crippen LogP contribution in [0.5, 0.6) is 5.75 Å². The highest BCUT2D eigenvalue weighted by Gasteiger charge is 2.20. The highest BCUT2D eigenvalue weighted by Crippen LogP contribution is 2.29. The Morgan fingerprint density at radius 1 is 1.15 bits per heavy atom. The summed E-state index contributed by atoms with van der Waals surface area (Å²) in [6, 6.07) is 8.22. The molecule has 1 aliphatic rings. The van der Waals surface area contributed by atoms with Gasteiger partial charge in [0.15, 0.2) is 0 Å². The molecule has 0 amide bonds. The average molecular weight is 456 g/mol. The second-order valence-corrected chi connectivity index (χ2v) is 8.47. The molecule has 3 rings (SSSR count). The molecule has 3 N–H and O–H groups in total. The Morgan fingerprint density at radius 3 is 2.70 bits per heavy atom. The van der Waals surface area contributed by atoms with Gasteiger partial charge in [0.1, 0.15) is 17.4 Å². The Balaban J connectivity index is 1.48. The number of aromatic nitrogens is 2. The first-order chi connectivity index (χ1) is 16.1. The average Bonchev–Trinajstić information content (AvgIpc) is 3.28. The van der Waals surface area contributed by atoms with Crippen molar-refractivity contribution < 1.29 is 14.3 Å². The van der Waals surface area contributed by atoms with Gasteiger partial charge in [-0.25, -0.2) is 0 Å². The first kappa shape index (κ1) is 24.6. The molecule has 0 saturated heterocycles. The molecule has 2 heterocycles. The summed E-state index contributed by atoms with van der Waals surface area (Å²) in [5.41, 5.74) is 2.08. The molecule has 0 bridgehead atoms. The first-order valence-corrected chi connectivity index (χ1v) is 12.1. The fraction of sp³-hybridized carbons (Fsp3) is 0.560. The maximum atomic E-state index is 11.1. The molecule has 1 aliphatic heterocycles. The Morgan fingerprint density at radius 2 is 1.94 bits per heavy atom. The van der Waals surface area contributed by atoms with Crippen molar-refractivity contribution in [2.24, 2.45) is 0 Å². The summed E-state index contributed by atoms with van der Waals surface area (Å²) in [4.78, 5) is 20.5. The van der Waals surface area contributed by atoms with E-state index >= 15 is 0 Å². The number of methoxy groups -OCH3 is 1. The summed E-state index contributed by atoms with van der Waals surface area (Å²) in [5.74, 6) is 3.10. The van der Waals surface area contributed by atoms with Gasteiger partial charge in [-0.2, -0.15) is 9.97 Å². The Kier molecular flexibility index (Phi) is 9.59. The quantitative estimate of drug-likeness (QED) is 0.261. The molecule has 180 valence electrons. The molecular weight excluding hydrogens is 418 g/mol. The van der Waals surface area contributed by atoms with Gasteiger partial charge in [-0.05, 0) is 56.9 Å². The van der Waals surface area contributed by atoms with Crippen LogP contribution in [-0.4, -0.2) is 42.2 Å². The van der Waals surface area contributed by atoms with Crippen molar-refractivity contribution in [2.45, 2.75) is 71.3 Å². The van der Waals surface area contributed by atoms with Crippen LogP contribution in [0.4, 0.5) is 23.3 Å². The monoisotopic (exact) mass is 455 g/mol. The summed E-state index contributed by atoms with van der Waals surface area (Å²) in [5, 5.41) is 10.2. The molecule has 1 atom stereocenters. The minimum absolute atomic E-state index is 0.139. The molecule has 8 nitrogen and oxygen atoms in total. The lowest BCUT2D eigenvalue weighted by Crippen LogP contribution is -2.17. The van der Waals surface area contributed by atoms with E-state index in [0.717, 1.165) is 80.1 Å². The van der Waals surface area contributed by atoms with E-state index < -0.39 is 0 Å². The lowest BCUT2D eigenvalue weighted by atomic mass is 10.1. The molecule has 0 aliphatic carbocycles. The van der Waals surface area contributed by atoms with Gasteiger partial charge >= 0.3 is 5.97 Å². The van der Waals surface area contributed by atoms with E-state index in [1.165, 1.54) is 7.11 Å². The van der Waals surface area contributed by atoms with Crippen LogP contribution < -0.4 is 20.7 Å². The van der Waals surface area contributed by atoms with E-state index in [0.29, 0.717) is 25.0 Å². The van der Waals surface area contributed by atoms with Crippen LogP contribution >= 0.6 is 0 Å². The molecule has 33 heavy (non-hydrogen) atoms. The maximum absolute atomic E-state index is 11.1. The number of hydrogen-bond acceptors (Lipinski definition) is 8. The van der Waals surface area contributed by atoms with E-state index in [1.54, 1.807) is 0 Å². The predicted octanol–water partition coefficient (Wildman–Crippen LogP) is 5.29. The Labute approximate surface area is 196 Å². The zero-order valence-electron chi connectivity index (χ0n) is 20.1. The van der Waals surface area contributed by atoms with Gasteiger partial charge in [-0.3, -0.25) is 4.79 Å². The molecule has 2 aromatic rings. The SMILES string of the molecule is CCCC(C)Nc1nc(Nc2ccc(OCCCCCCC(=O)OC)cc2)nc2c1CCN2. The lowest BCUT2D eigenvalue weighted by Gasteiger charge is -2.17. The molecule has 1 aromatic heterocycles. The molecule has 1 unspecified atom stereocenters. The third kappa shape index (κ3) is 7.80. The molecular formula is C25H37N5O3. The number of rotatable bonds is 14. The van der Waals surface area contributed by atoms with E-state index in [1.807, 2.05) is 24.3 Å². The van der Waals surface area contributed by atoms with Crippen molar-refractivity contribution in [1.82, 2.24) is 9.97 Å². The van der Waals surface area contributed by atoms with E-state index in [-0.39, 0.29) is 5.97 Å². The minimum atomic E-state index is -0.139. The predicted molar refractivity (Wildman–Crippen MR) is 133 cm³/mol. The van der Waals surface area contributed by atoms with Gasteiger partial charge < -0.3 is 25.4 Å². The van der Waals surface area contributed by atoms with Crippen LogP contribution in [-0.2, 0) is 16.0 Å². The number of fused-ring (bicyclic) bond motifs is 1. The number of esters is 1. The third-order valence-electron chi connectivity index (χ3n) is 5.66. The number of carbonyl (C=O) groups excluding carboxylic acids is 1. The zero-order valence-corrected chi connectivity index (χ0v) is 20.1. The number of nitrogens with zero attached hydrogens (tertiary/aromatic N) is 2. The smallest absolute Gasteiger partial charge is 0.305 e. The van der Waals surface area contributed by atoms with Crippen molar-refractivity contribution in [2.75, 3.05) is 36.2 Å². The van der Waals surface area contributed by atoms with Crippen molar-refractivity contribution in [1.29, 1.82) is 0 Å². The largest absolute Gasteiger partial charge is 0.494 e. The van der Waals surface area contributed by atoms with Crippen LogP contribution in [0.25, 0.3) is 0 Å². The number of nitrogens with one attached hydrogen (secondary N) is 3. The molecule has 8 heteroatoms. The highest BCUT2D eigenvalue weighted by molar-refractivity contribution is 5.69. The van der Waals surface area contributed by atoms with Gasteiger partial charge in [-0.1, -0.05) is 26.2 Å². The summed E-state index contributed by atoms with van der Waals surface area (Å²) in [6.45, 7) is 5.93. The number of ether oxygens (including phenoxy) is 2. The maximum Gasteiger partial charge on any atom is 0.305 e. The second kappa shape index (κ2) is 12.9.